The number of allylic oxidation sites excluding steroid dienone is 3. The van der Waals surface area contributed by atoms with Crippen molar-refractivity contribution in [2.45, 2.75) is 26.2 Å². The molecule has 2 aliphatic rings. The van der Waals surface area contributed by atoms with Crippen LogP contribution in [0.4, 0.5) is 0 Å². The van der Waals surface area contributed by atoms with Gasteiger partial charge in [0.05, 0.1) is 6.26 Å². The molecule has 5 rings (SSSR count). The molecule has 1 aromatic heterocycles. The van der Waals surface area contributed by atoms with E-state index in [0.717, 1.165) is 12.2 Å². The third-order valence-electron chi connectivity index (χ3n) is 5.34. The molecule has 0 radical (unpaired) electrons. The molecule has 0 aliphatic heterocycles. The average molecular weight is 324 g/mol. The summed E-state index contributed by atoms with van der Waals surface area (Å²) in [5.41, 5.74) is 10.9. The van der Waals surface area contributed by atoms with Gasteiger partial charge in [-0.2, -0.15) is 0 Å². The minimum Gasteiger partial charge on any atom is -0.464 e. The number of furan rings is 1. The minimum absolute atomic E-state index is 0.962. The van der Waals surface area contributed by atoms with Crippen LogP contribution in [0.3, 0.4) is 0 Å². The third kappa shape index (κ3) is 2.02. The van der Waals surface area contributed by atoms with Gasteiger partial charge in [-0.05, 0) is 58.4 Å². The Hall–Kier alpha value is -2.80. The molecule has 0 fully saturated rings. The predicted octanol–water partition coefficient (Wildman–Crippen LogP) is 6.67. The van der Waals surface area contributed by atoms with Crippen LogP contribution >= 0.6 is 0 Å². The molecular formula is C24H20O. The van der Waals surface area contributed by atoms with Gasteiger partial charge >= 0.3 is 0 Å². The maximum Gasteiger partial charge on any atom is 0.135 e. The van der Waals surface area contributed by atoms with Gasteiger partial charge in [0, 0.05) is 11.1 Å². The highest BCUT2D eigenvalue weighted by Crippen LogP contribution is 2.57. The van der Waals surface area contributed by atoms with Crippen molar-refractivity contribution in [2.75, 3.05) is 0 Å². The Labute approximate surface area is 148 Å². The van der Waals surface area contributed by atoms with E-state index in [1.807, 2.05) is 6.07 Å². The van der Waals surface area contributed by atoms with Crippen molar-refractivity contribution >= 4 is 22.3 Å². The van der Waals surface area contributed by atoms with E-state index in [2.05, 4.69) is 61.5 Å². The largest absolute Gasteiger partial charge is 0.464 e. The Morgan fingerprint density at radius 3 is 1.96 bits per heavy atom. The molecule has 0 spiro atoms. The number of rotatable bonds is 4. The van der Waals surface area contributed by atoms with E-state index >= 15 is 0 Å². The van der Waals surface area contributed by atoms with Crippen molar-refractivity contribution in [3.63, 3.8) is 0 Å². The molecule has 0 N–H and O–H groups in total. The molecule has 122 valence electrons. The molecule has 0 saturated heterocycles. The summed E-state index contributed by atoms with van der Waals surface area (Å²) in [5.74, 6) is 0.962. The van der Waals surface area contributed by atoms with Crippen LogP contribution in [0.1, 0.15) is 54.2 Å². The van der Waals surface area contributed by atoms with Gasteiger partial charge in [-0.15, -0.1) is 0 Å². The lowest BCUT2D eigenvalue weighted by Gasteiger charge is -2.09. The van der Waals surface area contributed by atoms with Gasteiger partial charge in [0.2, 0.25) is 0 Å². The second kappa shape index (κ2) is 5.63. The van der Waals surface area contributed by atoms with Crippen LogP contribution < -0.4 is 0 Å². The maximum atomic E-state index is 5.83. The third-order valence-corrected chi connectivity index (χ3v) is 5.34. The maximum absolute atomic E-state index is 5.83. The van der Waals surface area contributed by atoms with Crippen molar-refractivity contribution in [3.05, 3.63) is 94.9 Å². The summed E-state index contributed by atoms with van der Waals surface area (Å²) in [7, 11) is 0. The number of fused-ring (bicyclic) bond motifs is 5. The summed E-state index contributed by atoms with van der Waals surface area (Å²) in [6.45, 7) is 2.26. The van der Waals surface area contributed by atoms with Crippen molar-refractivity contribution in [2.24, 2.45) is 0 Å². The zero-order valence-corrected chi connectivity index (χ0v) is 14.4. The first-order valence-electron chi connectivity index (χ1n) is 9.11. The fraction of sp³-hybridized carbons (Fsp3) is 0.167. The smallest absolute Gasteiger partial charge is 0.135 e. The van der Waals surface area contributed by atoms with E-state index in [-0.39, 0.29) is 0 Å². The SMILES string of the molecule is CCCCC1=C2C(=C(c3ccco3)c3ccccc32)c2ccccc21. The molecule has 1 nitrogen and oxygen atoms in total. The van der Waals surface area contributed by atoms with Crippen LogP contribution in [0.25, 0.3) is 22.3 Å². The molecule has 1 heterocycles. The van der Waals surface area contributed by atoms with E-state index in [1.165, 1.54) is 57.4 Å². The van der Waals surface area contributed by atoms with E-state index in [4.69, 9.17) is 4.42 Å². The lowest BCUT2D eigenvalue weighted by atomic mass is 9.95. The Morgan fingerprint density at radius 2 is 1.32 bits per heavy atom. The first-order chi connectivity index (χ1) is 12.4. The normalized spacial score (nSPS) is 14.8. The Balaban J connectivity index is 1.87. The summed E-state index contributed by atoms with van der Waals surface area (Å²) >= 11 is 0. The second-order valence-electron chi connectivity index (χ2n) is 6.78. The van der Waals surface area contributed by atoms with Gasteiger partial charge in [0.25, 0.3) is 0 Å². The molecule has 0 bridgehead atoms. The fourth-order valence-corrected chi connectivity index (χ4v) is 4.29. The van der Waals surface area contributed by atoms with Crippen LogP contribution in [0, 0.1) is 0 Å². The molecule has 0 unspecified atom stereocenters. The quantitative estimate of drug-likeness (QED) is 0.522. The monoisotopic (exact) mass is 324 g/mol. The Morgan fingerprint density at radius 1 is 0.680 bits per heavy atom. The summed E-state index contributed by atoms with van der Waals surface area (Å²) < 4.78 is 5.83. The van der Waals surface area contributed by atoms with Gasteiger partial charge in [-0.1, -0.05) is 61.9 Å². The Kier molecular flexibility index (Phi) is 3.27. The van der Waals surface area contributed by atoms with Gasteiger partial charge < -0.3 is 4.42 Å². The van der Waals surface area contributed by atoms with Crippen molar-refractivity contribution in [1.29, 1.82) is 0 Å². The van der Waals surface area contributed by atoms with Gasteiger partial charge in [0.1, 0.15) is 5.76 Å². The highest BCUT2D eigenvalue weighted by molar-refractivity contribution is 6.33. The van der Waals surface area contributed by atoms with E-state index in [1.54, 1.807) is 6.26 Å². The van der Waals surface area contributed by atoms with Crippen LogP contribution in [-0.2, 0) is 0 Å². The zero-order valence-electron chi connectivity index (χ0n) is 14.4. The molecule has 2 aromatic carbocycles. The molecule has 3 aromatic rings. The van der Waals surface area contributed by atoms with Crippen molar-refractivity contribution in [3.8, 4) is 0 Å². The first-order valence-corrected chi connectivity index (χ1v) is 9.11. The predicted molar refractivity (Wildman–Crippen MR) is 104 cm³/mol. The van der Waals surface area contributed by atoms with Gasteiger partial charge in [0.15, 0.2) is 0 Å². The average Bonchev–Trinajstić information content (AvgIpc) is 3.35. The highest BCUT2D eigenvalue weighted by atomic mass is 16.3. The van der Waals surface area contributed by atoms with Crippen LogP contribution in [0.15, 0.2) is 71.3 Å². The highest BCUT2D eigenvalue weighted by Gasteiger charge is 2.36. The summed E-state index contributed by atoms with van der Waals surface area (Å²) in [6, 6.07) is 21.7. The zero-order chi connectivity index (χ0) is 16.8. The topological polar surface area (TPSA) is 13.1 Å². The van der Waals surface area contributed by atoms with Crippen molar-refractivity contribution in [1.82, 2.24) is 0 Å². The number of benzene rings is 2. The van der Waals surface area contributed by atoms with Crippen molar-refractivity contribution < 1.29 is 4.42 Å². The second-order valence-corrected chi connectivity index (χ2v) is 6.78. The van der Waals surface area contributed by atoms with Crippen LogP contribution in [0.5, 0.6) is 0 Å². The lowest BCUT2D eigenvalue weighted by Crippen LogP contribution is -1.90. The van der Waals surface area contributed by atoms with E-state index < -0.39 is 0 Å². The van der Waals surface area contributed by atoms with E-state index in [9.17, 15) is 0 Å². The molecule has 1 heteroatoms. The van der Waals surface area contributed by atoms with Gasteiger partial charge in [-0.25, -0.2) is 0 Å². The molecule has 0 saturated carbocycles. The number of hydrogen-bond donors (Lipinski definition) is 0. The van der Waals surface area contributed by atoms with E-state index in [0.29, 0.717) is 0 Å². The molecular weight excluding hydrogens is 304 g/mol. The summed E-state index contributed by atoms with van der Waals surface area (Å²) in [5, 5.41) is 0. The number of hydrogen-bond acceptors (Lipinski definition) is 1. The lowest BCUT2D eigenvalue weighted by molar-refractivity contribution is 0.554. The molecule has 2 aliphatic carbocycles. The standard InChI is InChI=1S/C24H20O/c1-2-3-9-17-16-10-4-5-11-18(16)24-22(17)19-12-6-7-13-20(19)23(24)21-14-8-15-25-21/h4-8,10-15H,2-3,9H2,1H3. The summed E-state index contributed by atoms with van der Waals surface area (Å²) in [4.78, 5) is 0. The van der Waals surface area contributed by atoms with Crippen LogP contribution in [0.2, 0.25) is 0 Å². The Bertz CT molecular complexity index is 1020. The van der Waals surface area contributed by atoms with Gasteiger partial charge in [-0.3, -0.25) is 0 Å². The number of unbranched alkanes of at least 4 members (excludes halogenated alkanes) is 1. The fourth-order valence-electron chi connectivity index (χ4n) is 4.29. The molecule has 0 atom stereocenters. The first kappa shape index (κ1) is 14.5. The molecule has 25 heavy (non-hydrogen) atoms. The summed E-state index contributed by atoms with van der Waals surface area (Å²) in [6.07, 6.45) is 5.33. The molecule has 0 amide bonds. The van der Waals surface area contributed by atoms with Crippen LogP contribution in [-0.4, -0.2) is 0 Å². The minimum atomic E-state index is 0.962.